The Morgan fingerprint density at radius 3 is 0.901 bits per heavy atom. The van der Waals surface area contributed by atoms with E-state index in [0.29, 0.717) is 134 Å². The number of ether oxygens (including phenoxy) is 4. The maximum absolute atomic E-state index is 12.4. The number of Topliss-reactive ketones (excluding diaryl/α,β-unsaturated/α-hetero) is 5. The van der Waals surface area contributed by atoms with Gasteiger partial charge in [-0.3, -0.25) is 33.8 Å². The fourth-order valence-electron chi connectivity index (χ4n) is 24.8. The number of carboxylic acids is 1. The maximum Gasteiger partial charge on any atom is 0.339 e. The third-order valence-corrected chi connectivity index (χ3v) is 32.8. The number of carboxylic acid groups (broad SMARTS) is 1. The summed E-state index contributed by atoms with van der Waals surface area (Å²) in [4.78, 5) is 117. The number of nitrogens with zero attached hydrogens (tertiary/aromatic N) is 10. The summed E-state index contributed by atoms with van der Waals surface area (Å²) in [6.45, 7) is 24.3. The summed E-state index contributed by atoms with van der Waals surface area (Å²) in [5, 5.41) is 13.4. The van der Waals surface area contributed by atoms with Crippen molar-refractivity contribution in [2.24, 2.45) is 21.7 Å². The van der Waals surface area contributed by atoms with Crippen LogP contribution < -0.4 is 38.5 Å². The highest BCUT2D eigenvalue weighted by Gasteiger charge is 2.53. The van der Waals surface area contributed by atoms with Gasteiger partial charge in [-0.1, -0.05) is 76.2 Å². The number of nitrogens with one attached hydrogen (secondary N) is 4. The minimum atomic E-state index is -1.03. The van der Waals surface area contributed by atoms with Crippen LogP contribution in [-0.4, -0.2) is 167 Å². The van der Waals surface area contributed by atoms with Crippen molar-refractivity contribution in [3.8, 4) is 46.0 Å². The first-order valence-electron chi connectivity index (χ1n) is 51.3. The van der Waals surface area contributed by atoms with E-state index in [0.717, 1.165) is 158 Å². The van der Waals surface area contributed by atoms with E-state index in [1.165, 1.54) is 101 Å². The number of carbonyl (C=O) groups excluding carboxylic acids is 5. The number of fused-ring (bicyclic) bond motifs is 4. The number of piperidine rings is 4. The van der Waals surface area contributed by atoms with E-state index in [-0.39, 0.29) is 33.7 Å². The molecule has 10 fully saturated rings. The van der Waals surface area contributed by atoms with Gasteiger partial charge in [0.15, 0.2) is 17.3 Å². The van der Waals surface area contributed by atoms with E-state index in [1.54, 1.807) is 75.0 Å². The Hall–Kier alpha value is -13.8. The van der Waals surface area contributed by atoms with E-state index in [1.807, 2.05) is 116 Å². The highest BCUT2D eigenvalue weighted by atomic mass is 16.5. The molecule has 25 nitrogen and oxygen atoms in total. The standard InChI is InChI=1S/2C36H42N4O2.C23H23N3O3.C22H21N3O4/c2*1-24(2)30-7-4-5-8-32(30)33-9-6-16-40(33)28-21-36(22-28)13-17-39(18-14-36)27-10-11-31(25(3)41)34(20-27)42-29-19-26-12-15-37-35(26)38-23-29;1-15(27)20-3-2-17(26-8-5-23(6-9-26)12-18(28)13-23)11-21(20)29-19-10-16-4-7-24-22(16)25-14-19;26-16-11-22(12-16)4-7-25(8-5-22)15-1-2-18(21(27)28)19(10-15)29-17-9-14-3-6-23-20(14)24-13-17/h2*4-5,7-8,10-12,15,19-20,23-24,28,33H,6,9,13-14,16-18,21-22H2,1-3H3,(H,37,38);2-4,7,10-11,14H,5-6,8-9,12-13H2,1H3,(H,24,25);1-3,6,9-10,13H,4-5,7-8,11-12H2,(H,23,24)(H,27,28)/t2*33-;;/m00../s1. The monoisotopic (exact) mass is 1900 g/mol. The third-order valence-electron chi connectivity index (χ3n) is 32.8. The Labute approximate surface area is 828 Å². The Morgan fingerprint density at radius 2 is 0.627 bits per heavy atom. The second kappa shape index (κ2) is 39.6. The lowest BCUT2D eigenvalue weighted by atomic mass is 9.59. The van der Waals surface area contributed by atoms with Crippen LogP contribution in [0, 0.1) is 21.7 Å². The first-order valence-corrected chi connectivity index (χ1v) is 51.3. The molecule has 2 atom stereocenters. The number of aromatic nitrogens is 8. The van der Waals surface area contributed by atoms with Crippen LogP contribution in [0.5, 0.6) is 46.0 Å². The number of hydrogen-bond donors (Lipinski definition) is 5. The molecule has 6 aromatic carbocycles. The largest absolute Gasteiger partial charge is 0.478 e. The smallest absolute Gasteiger partial charge is 0.339 e. The molecule has 0 amide bonds. The molecule has 14 heterocycles. The lowest BCUT2D eigenvalue weighted by Crippen LogP contribution is -2.55. The Kier molecular flexibility index (Phi) is 26.3. The van der Waals surface area contributed by atoms with Crippen LogP contribution in [0.1, 0.15) is 264 Å². The van der Waals surface area contributed by atoms with Crippen LogP contribution in [-0.2, 0) is 9.59 Å². The predicted octanol–water partition coefficient (Wildman–Crippen LogP) is 25.0. The third kappa shape index (κ3) is 19.8. The van der Waals surface area contributed by atoms with Crippen molar-refractivity contribution in [3.63, 3.8) is 0 Å². The molecule has 10 aliphatic rings. The van der Waals surface area contributed by atoms with E-state index in [9.17, 15) is 33.9 Å². The van der Waals surface area contributed by atoms with Gasteiger partial charge in [-0.25, -0.2) is 24.7 Å². The fraction of sp³-hybridized carbons (Fsp3) is 0.402. The number of hydrogen-bond acceptors (Lipinski definition) is 20. The average Bonchev–Trinajstić information content (AvgIpc) is 1.40. The second-order valence-electron chi connectivity index (χ2n) is 42.7. The van der Waals surface area contributed by atoms with Crippen LogP contribution >= 0.6 is 0 Å². The average molecular weight is 1910 g/mol. The normalized spacial score (nSPS) is 19.7. The topological polar surface area (TPSA) is 294 Å². The Morgan fingerprint density at radius 1 is 0.352 bits per heavy atom. The molecule has 24 rings (SSSR count). The zero-order valence-electron chi connectivity index (χ0n) is 82.5. The molecule has 0 radical (unpaired) electrons. The van der Waals surface area contributed by atoms with Crippen molar-refractivity contribution in [2.75, 3.05) is 85.0 Å². The van der Waals surface area contributed by atoms with Crippen molar-refractivity contribution in [1.29, 1.82) is 0 Å². The molecule has 5 N–H and O–H groups in total. The summed E-state index contributed by atoms with van der Waals surface area (Å²) < 4.78 is 24.6. The molecule has 8 aromatic heterocycles. The number of benzene rings is 6. The van der Waals surface area contributed by atoms with Gasteiger partial charge in [0.1, 0.15) is 85.7 Å². The summed E-state index contributed by atoms with van der Waals surface area (Å²) in [6, 6.07) is 59.4. The van der Waals surface area contributed by atoms with Gasteiger partial charge < -0.3 is 63.6 Å². The van der Waals surface area contributed by atoms with Crippen molar-refractivity contribution in [2.45, 2.75) is 213 Å². The summed E-state index contributed by atoms with van der Waals surface area (Å²) in [7, 11) is 0. The molecular formula is C117H128N14O11. The van der Waals surface area contributed by atoms with Gasteiger partial charge in [0.05, 0.1) is 41.5 Å². The van der Waals surface area contributed by atoms with Crippen LogP contribution in [0.25, 0.3) is 44.1 Å². The predicted molar refractivity (Wildman–Crippen MR) is 556 cm³/mol. The first-order chi connectivity index (χ1) is 68.8. The summed E-state index contributed by atoms with van der Waals surface area (Å²) in [6.07, 6.45) is 36.4. The highest BCUT2D eigenvalue weighted by Crippen LogP contribution is 2.58. The molecule has 6 aliphatic heterocycles. The van der Waals surface area contributed by atoms with E-state index in [2.05, 4.69) is 158 Å². The van der Waals surface area contributed by atoms with Crippen LogP contribution in [0.15, 0.2) is 219 Å². The minimum absolute atomic E-state index is 0.00146. The van der Waals surface area contributed by atoms with Crippen molar-refractivity contribution in [3.05, 3.63) is 264 Å². The van der Waals surface area contributed by atoms with E-state index in [4.69, 9.17) is 18.9 Å². The lowest BCUT2D eigenvalue weighted by Gasteiger charge is -2.56. The van der Waals surface area contributed by atoms with Crippen LogP contribution in [0.2, 0.25) is 0 Å². The molecule has 4 spiro atoms. The van der Waals surface area contributed by atoms with E-state index < -0.39 is 5.97 Å². The molecule has 14 aromatic rings. The van der Waals surface area contributed by atoms with Gasteiger partial charge >= 0.3 is 5.97 Å². The molecular weight excluding hydrogens is 1780 g/mol. The summed E-state index contributed by atoms with van der Waals surface area (Å²) in [5.74, 6) is 5.23. The lowest BCUT2D eigenvalue weighted by molar-refractivity contribution is -0.134. The second-order valence-corrected chi connectivity index (χ2v) is 42.7. The Bertz CT molecular complexity index is 6620. The van der Waals surface area contributed by atoms with Crippen molar-refractivity contribution < 1.29 is 52.8 Å². The zero-order valence-corrected chi connectivity index (χ0v) is 82.5. The highest BCUT2D eigenvalue weighted by molar-refractivity contribution is 5.99. The number of carbonyl (C=O) groups is 6. The molecule has 6 saturated heterocycles. The summed E-state index contributed by atoms with van der Waals surface area (Å²) >= 11 is 0. The van der Waals surface area contributed by atoms with Crippen molar-refractivity contribution in [1.82, 2.24) is 49.7 Å². The quantitative estimate of drug-likeness (QED) is 0.0394. The molecule has 142 heavy (non-hydrogen) atoms. The number of likely N-dealkylation sites (tertiary alicyclic amines) is 2. The summed E-state index contributed by atoms with van der Waals surface area (Å²) in [5.41, 5.74) is 16.9. The number of aromatic amines is 4. The number of anilines is 4. The van der Waals surface area contributed by atoms with Gasteiger partial charge in [-0.15, -0.1) is 0 Å². The van der Waals surface area contributed by atoms with Crippen LogP contribution in [0.3, 0.4) is 0 Å². The molecule has 4 saturated carbocycles. The maximum atomic E-state index is 12.4. The molecule has 0 unspecified atom stereocenters. The number of H-pyrrole nitrogens is 4. The number of pyridine rings is 4. The Balaban J connectivity index is 0.000000114. The van der Waals surface area contributed by atoms with Gasteiger partial charge in [-0.2, -0.15) is 0 Å². The molecule has 25 heteroatoms. The fourth-order valence-corrected chi connectivity index (χ4v) is 24.8. The molecule has 732 valence electrons. The molecule has 4 aliphatic carbocycles. The SMILES string of the molecule is CC(=O)c1ccc(N2CCC3(CC2)CC(=O)C3)cc1Oc1cnc2[nH]ccc2c1.CC(=O)c1ccc(N2CCC3(CC2)CC(N2CCC[C@H]2c2ccccc2C(C)C)C3)cc1Oc1cnc2[nH]ccc2c1.CC(=O)c1ccc(N2CCC3(CC2)CC(N2CCC[C@H]2c2ccccc2C(C)C)C3)cc1Oc1cnc2[nH]ccc2c1.O=C1CC2(CCN(c3ccc(C(=O)O)c(Oc4cnc5[nH]ccc5c4)c3)CC2)C1. The zero-order chi connectivity index (χ0) is 97.7. The van der Waals surface area contributed by atoms with Crippen molar-refractivity contribution >= 4 is 102 Å². The van der Waals surface area contributed by atoms with Gasteiger partial charge in [-0.05, 0) is 289 Å². The van der Waals surface area contributed by atoms with Gasteiger partial charge in [0.2, 0.25) is 0 Å². The first kappa shape index (κ1) is 94.5. The number of aromatic carboxylic acids is 1. The number of rotatable bonds is 22. The minimum Gasteiger partial charge on any atom is -0.478 e. The number of ketones is 5. The van der Waals surface area contributed by atoms with Gasteiger partial charge in [0, 0.05) is 196 Å². The van der Waals surface area contributed by atoms with Gasteiger partial charge in [0.25, 0.3) is 0 Å². The van der Waals surface area contributed by atoms with Crippen LogP contribution in [0.4, 0.5) is 22.7 Å². The molecule has 0 bridgehead atoms. The van der Waals surface area contributed by atoms with E-state index >= 15 is 0 Å².